The van der Waals surface area contributed by atoms with Gasteiger partial charge in [0.1, 0.15) is 6.10 Å². The van der Waals surface area contributed by atoms with E-state index in [1.807, 2.05) is 0 Å². The second kappa shape index (κ2) is 8.15. The van der Waals surface area contributed by atoms with Crippen LogP contribution in [0.3, 0.4) is 0 Å². The molecule has 0 aliphatic carbocycles. The van der Waals surface area contributed by atoms with Crippen molar-refractivity contribution in [3.8, 4) is 0 Å². The second-order valence-corrected chi connectivity index (χ2v) is 6.02. The van der Waals surface area contributed by atoms with Gasteiger partial charge in [0.05, 0.1) is 12.2 Å². The van der Waals surface area contributed by atoms with Gasteiger partial charge in [-0.15, -0.1) is 0 Å². The first-order chi connectivity index (χ1) is 10.5. The van der Waals surface area contributed by atoms with E-state index in [0.717, 1.165) is 12.8 Å². The predicted molar refractivity (Wildman–Crippen MR) is 78.4 cm³/mol. The normalized spacial score (nSPS) is 25.4. The van der Waals surface area contributed by atoms with Crippen molar-refractivity contribution in [1.82, 2.24) is 0 Å². The van der Waals surface area contributed by atoms with Gasteiger partial charge in [0.15, 0.2) is 5.60 Å². The number of ether oxygens (including phenoxy) is 4. The summed E-state index contributed by atoms with van der Waals surface area (Å²) < 4.78 is 22.0. The van der Waals surface area contributed by atoms with Gasteiger partial charge in [-0.1, -0.05) is 0 Å². The Kier molecular flexibility index (Phi) is 6.50. The molecule has 2 saturated heterocycles. The van der Waals surface area contributed by atoms with Crippen molar-refractivity contribution in [2.75, 3.05) is 26.4 Å². The summed E-state index contributed by atoms with van der Waals surface area (Å²) in [5.74, 6) is -0.375. The first kappa shape index (κ1) is 17.5. The Morgan fingerprint density at radius 1 is 1.09 bits per heavy atom. The van der Waals surface area contributed by atoms with Gasteiger partial charge in [-0.25, -0.2) is 0 Å². The zero-order chi connectivity index (χ0) is 16.0. The van der Waals surface area contributed by atoms with E-state index in [9.17, 15) is 9.59 Å². The minimum atomic E-state index is -1.58. The standard InChI is InChI=1S/C16H25O6/c1-12(21-13-3-7-19-8-4-13)15(18)16(2,11-17)22-14-5-9-20-10-6-14/h12-14H,3-10H2,1-2H3/t12?,16-/m0/s1. The van der Waals surface area contributed by atoms with E-state index in [1.165, 1.54) is 6.92 Å². The summed E-state index contributed by atoms with van der Waals surface area (Å²) in [5.41, 5.74) is -1.58. The van der Waals surface area contributed by atoms with Gasteiger partial charge in [0, 0.05) is 26.4 Å². The smallest absolute Gasteiger partial charge is 0.241 e. The molecule has 2 fully saturated rings. The lowest BCUT2D eigenvalue weighted by Gasteiger charge is -2.33. The van der Waals surface area contributed by atoms with E-state index in [1.54, 1.807) is 13.2 Å². The Labute approximate surface area is 131 Å². The summed E-state index contributed by atoms with van der Waals surface area (Å²) in [5, 5.41) is 0. The van der Waals surface area contributed by atoms with Crippen LogP contribution in [0.25, 0.3) is 0 Å². The van der Waals surface area contributed by atoms with Crippen LogP contribution in [0.5, 0.6) is 0 Å². The third-order valence-electron chi connectivity index (χ3n) is 4.17. The van der Waals surface area contributed by atoms with Crippen molar-refractivity contribution in [3.05, 3.63) is 0 Å². The average Bonchev–Trinajstić information content (AvgIpc) is 2.55. The third-order valence-corrected chi connectivity index (χ3v) is 4.17. The molecule has 0 bridgehead atoms. The highest BCUT2D eigenvalue weighted by Crippen LogP contribution is 2.22. The van der Waals surface area contributed by atoms with Crippen LogP contribution < -0.4 is 0 Å². The maximum absolute atomic E-state index is 12.6. The van der Waals surface area contributed by atoms with Gasteiger partial charge in [-0.05, 0) is 39.5 Å². The molecule has 0 aromatic heterocycles. The van der Waals surface area contributed by atoms with Gasteiger partial charge in [0.25, 0.3) is 0 Å². The summed E-state index contributed by atoms with van der Waals surface area (Å²) in [6.07, 6.45) is 3.80. The van der Waals surface area contributed by atoms with Gasteiger partial charge in [-0.2, -0.15) is 0 Å². The van der Waals surface area contributed by atoms with Crippen LogP contribution in [-0.4, -0.2) is 62.4 Å². The quantitative estimate of drug-likeness (QED) is 0.658. The molecule has 22 heavy (non-hydrogen) atoms. The molecule has 2 atom stereocenters. The largest absolute Gasteiger partial charge is 0.381 e. The Balaban J connectivity index is 1.91. The monoisotopic (exact) mass is 313 g/mol. The fourth-order valence-corrected chi connectivity index (χ4v) is 2.81. The molecule has 1 unspecified atom stereocenters. The van der Waals surface area contributed by atoms with E-state index >= 15 is 0 Å². The Morgan fingerprint density at radius 2 is 1.59 bits per heavy atom. The van der Waals surface area contributed by atoms with E-state index in [2.05, 4.69) is 0 Å². The third kappa shape index (κ3) is 4.59. The number of carbonyl (C=O) groups is 1. The lowest BCUT2D eigenvalue weighted by Crippen LogP contribution is -2.50. The van der Waals surface area contributed by atoms with Gasteiger partial charge in [0.2, 0.25) is 12.1 Å². The maximum Gasteiger partial charge on any atom is 0.241 e. The van der Waals surface area contributed by atoms with Crippen LogP contribution in [0.2, 0.25) is 0 Å². The number of hydrogen-bond acceptors (Lipinski definition) is 6. The average molecular weight is 313 g/mol. The molecule has 0 aromatic rings. The fourth-order valence-electron chi connectivity index (χ4n) is 2.81. The van der Waals surface area contributed by atoms with E-state index in [-0.39, 0.29) is 18.0 Å². The van der Waals surface area contributed by atoms with E-state index in [4.69, 9.17) is 18.9 Å². The summed E-state index contributed by atoms with van der Waals surface area (Å²) in [7, 11) is 0. The van der Waals surface area contributed by atoms with Crippen molar-refractivity contribution in [3.63, 3.8) is 0 Å². The van der Waals surface area contributed by atoms with Crippen LogP contribution in [0, 0.1) is 0 Å². The minimum absolute atomic E-state index is 0.00770. The molecular weight excluding hydrogens is 288 g/mol. The van der Waals surface area contributed by atoms with Crippen molar-refractivity contribution in [2.24, 2.45) is 0 Å². The summed E-state index contributed by atoms with van der Waals surface area (Å²) >= 11 is 0. The number of hydrogen-bond donors (Lipinski definition) is 0. The van der Waals surface area contributed by atoms with Crippen LogP contribution in [-0.2, 0) is 28.5 Å². The van der Waals surface area contributed by atoms with Crippen LogP contribution in [0.15, 0.2) is 0 Å². The molecule has 2 aliphatic rings. The molecule has 0 amide bonds. The van der Waals surface area contributed by atoms with Gasteiger partial charge >= 0.3 is 0 Å². The van der Waals surface area contributed by atoms with Crippen molar-refractivity contribution in [2.45, 2.75) is 63.4 Å². The number of rotatable bonds is 7. The molecule has 1 radical (unpaired) electrons. The zero-order valence-corrected chi connectivity index (χ0v) is 13.3. The maximum atomic E-state index is 12.6. The lowest BCUT2D eigenvalue weighted by atomic mass is 9.97. The van der Waals surface area contributed by atoms with Gasteiger partial charge < -0.3 is 18.9 Å². The SMILES string of the molecule is CC(OC1CCOCC1)C(=O)[C@](C)([C]=O)OC1CCOCC1. The molecule has 0 spiro atoms. The van der Waals surface area contributed by atoms with Crippen molar-refractivity contribution >= 4 is 12.1 Å². The molecule has 0 aromatic carbocycles. The zero-order valence-electron chi connectivity index (χ0n) is 13.3. The summed E-state index contributed by atoms with van der Waals surface area (Å²) in [6.45, 7) is 5.59. The topological polar surface area (TPSA) is 71.1 Å². The molecule has 125 valence electrons. The summed E-state index contributed by atoms with van der Waals surface area (Å²) in [4.78, 5) is 23.9. The fraction of sp³-hybridized carbons (Fsp3) is 0.875. The van der Waals surface area contributed by atoms with Crippen LogP contribution in [0.4, 0.5) is 0 Å². The van der Waals surface area contributed by atoms with Crippen molar-refractivity contribution in [1.29, 1.82) is 0 Å². The second-order valence-electron chi connectivity index (χ2n) is 6.02. The van der Waals surface area contributed by atoms with E-state index in [0.29, 0.717) is 39.3 Å². The Morgan fingerprint density at radius 3 is 2.09 bits per heavy atom. The van der Waals surface area contributed by atoms with Crippen LogP contribution in [0.1, 0.15) is 39.5 Å². The molecule has 2 aliphatic heterocycles. The van der Waals surface area contributed by atoms with Gasteiger partial charge in [-0.3, -0.25) is 9.59 Å². The molecule has 0 saturated carbocycles. The highest BCUT2D eigenvalue weighted by molar-refractivity contribution is 6.03. The van der Waals surface area contributed by atoms with Crippen molar-refractivity contribution < 1.29 is 28.5 Å². The molecule has 6 nitrogen and oxygen atoms in total. The Bertz CT molecular complexity index is 373. The molecule has 2 heterocycles. The summed E-state index contributed by atoms with van der Waals surface area (Å²) in [6, 6.07) is 0. The lowest BCUT2D eigenvalue weighted by molar-refractivity contribution is -0.161. The Hall–Kier alpha value is -0.820. The minimum Gasteiger partial charge on any atom is -0.381 e. The molecular formula is C16H25O6. The molecule has 0 N–H and O–H groups in total. The number of carbonyl (C=O) groups excluding carboxylic acids is 2. The first-order valence-electron chi connectivity index (χ1n) is 7.97. The first-order valence-corrected chi connectivity index (χ1v) is 7.97. The number of Topliss-reactive ketones (excluding diaryl/α,β-unsaturated/α-hetero) is 1. The molecule has 2 rings (SSSR count). The highest BCUT2D eigenvalue weighted by atomic mass is 16.5. The number of ketones is 1. The van der Waals surface area contributed by atoms with E-state index < -0.39 is 11.7 Å². The predicted octanol–water partition coefficient (Wildman–Crippen LogP) is 1.20. The van der Waals surface area contributed by atoms with Crippen LogP contribution >= 0.6 is 0 Å². The highest BCUT2D eigenvalue weighted by Gasteiger charge is 2.41. The molecule has 6 heteroatoms.